The van der Waals surface area contributed by atoms with Crippen LogP contribution in [0.4, 0.5) is 0 Å². The number of methoxy groups -OCH3 is 1. The summed E-state index contributed by atoms with van der Waals surface area (Å²) < 4.78 is 5.21. The first-order chi connectivity index (χ1) is 5.83. The minimum absolute atomic E-state index is 0.208. The number of nitrogens with two attached hydrogens (primary N) is 1. The Kier molecular flexibility index (Phi) is 2.07. The van der Waals surface area contributed by atoms with Gasteiger partial charge in [-0.2, -0.15) is 0 Å². The Morgan fingerprint density at radius 1 is 1.67 bits per heavy atom. The Hall–Kier alpha value is -0.540. The summed E-state index contributed by atoms with van der Waals surface area (Å²) >= 11 is 1.70. The zero-order valence-electron chi connectivity index (χ0n) is 7.12. The van der Waals surface area contributed by atoms with Gasteiger partial charge >= 0.3 is 0 Å². The van der Waals surface area contributed by atoms with Gasteiger partial charge in [0.05, 0.1) is 12.0 Å². The van der Waals surface area contributed by atoms with Gasteiger partial charge in [0, 0.05) is 6.04 Å². The van der Waals surface area contributed by atoms with Crippen molar-refractivity contribution in [1.29, 1.82) is 0 Å². The van der Waals surface area contributed by atoms with E-state index in [1.807, 2.05) is 11.4 Å². The summed E-state index contributed by atoms with van der Waals surface area (Å²) in [6.07, 6.45) is 2.56. The second-order valence-electron chi connectivity index (χ2n) is 3.22. The summed E-state index contributed by atoms with van der Waals surface area (Å²) in [5, 5.41) is 2.04. The van der Waals surface area contributed by atoms with E-state index in [0.29, 0.717) is 5.92 Å². The van der Waals surface area contributed by atoms with Gasteiger partial charge in [-0.1, -0.05) is 0 Å². The monoisotopic (exact) mass is 183 g/mol. The first kappa shape index (κ1) is 8.08. The Balaban J connectivity index is 2.19. The molecule has 1 fully saturated rings. The second kappa shape index (κ2) is 3.07. The van der Waals surface area contributed by atoms with E-state index in [2.05, 4.69) is 0 Å². The van der Waals surface area contributed by atoms with Crippen LogP contribution in [0.5, 0.6) is 5.75 Å². The summed E-state index contributed by atoms with van der Waals surface area (Å²) in [4.78, 5) is 1.21. The summed E-state index contributed by atoms with van der Waals surface area (Å²) in [5.41, 5.74) is 6.05. The van der Waals surface area contributed by atoms with Crippen LogP contribution < -0.4 is 10.5 Å². The highest BCUT2D eigenvalue weighted by Crippen LogP contribution is 2.43. The van der Waals surface area contributed by atoms with Gasteiger partial charge in [0.15, 0.2) is 0 Å². The largest absolute Gasteiger partial charge is 0.496 e. The molecule has 2 nitrogen and oxygen atoms in total. The molecule has 1 heterocycles. The number of hydrogen-bond acceptors (Lipinski definition) is 3. The number of thiophene rings is 1. The van der Waals surface area contributed by atoms with Crippen molar-refractivity contribution < 1.29 is 4.74 Å². The smallest absolute Gasteiger partial charge is 0.134 e. The first-order valence-electron chi connectivity index (χ1n) is 4.20. The van der Waals surface area contributed by atoms with Crippen molar-refractivity contribution in [1.82, 2.24) is 0 Å². The Bertz CT molecular complexity index is 267. The molecular formula is C9H13NOS. The highest BCUT2D eigenvalue weighted by Gasteiger charge is 2.31. The quantitative estimate of drug-likeness (QED) is 0.779. The molecule has 1 aliphatic carbocycles. The van der Waals surface area contributed by atoms with Crippen LogP contribution in [-0.2, 0) is 0 Å². The van der Waals surface area contributed by atoms with Crippen LogP contribution >= 0.6 is 11.3 Å². The lowest BCUT2D eigenvalue weighted by atomic mass is 10.1. The minimum Gasteiger partial charge on any atom is -0.496 e. The molecule has 1 aromatic rings. The van der Waals surface area contributed by atoms with Gasteiger partial charge in [0.1, 0.15) is 5.75 Å². The maximum Gasteiger partial charge on any atom is 0.134 e. The molecule has 1 aliphatic rings. The molecule has 1 unspecified atom stereocenters. The van der Waals surface area contributed by atoms with E-state index < -0.39 is 0 Å². The van der Waals surface area contributed by atoms with Crippen molar-refractivity contribution >= 4 is 11.3 Å². The van der Waals surface area contributed by atoms with E-state index in [1.54, 1.807) is 18.4 Å². The molecule has 0 bridgehead atoms. The highest BCUT2D eigenvalue weighted by atomic mass is 32.1. The van der Waals surface area contributed by atoms with E-state index in [4.69, 9.17) is 10.5 Å². The molecule has 1 atom stereocenters. The molecule has 2 N–H and O–H groups in total. The predicted octanol–water partition coefficient (Wildman–Crippen LogP) is 2.17. The highest BCUT2D eigenvalue weighted by molar-refractivity contribution is 7.10. The zero-order chi connectivity index (χ0) is 8.55. The molecule has 1 saturated carbocycles. The van der Waals surface area contributed by atoms with Gasteiger partial charge in [-0.25, -0.2) is 0 Å². The van der Waals surface area contributed by atoms with Gasteiger partial charge in [0.2, 0.25) is 0 Å². The third-order valence-electron chi connectivity index (χ3n) is 2.31. The number of rotatable bonds is 3. The topological polar surface area (TPSA) is 35.2 Å². The van der Waals surface area contributed by atoms with E-state index in [9.17, 15) is 0 Å². The van der Waals surface area contributed by atoms with Crippen molar-refractivity contribution in [2.24, 2.45) is 11.7 Å². The third-order valence-corrected chi connectivity index (χ3v) is 3.31. The number of hydrogen-bond donors (Lipinski definition) is 1. The molecule has 0 radical (unpaired) electrons. The standard InChI is InChI=1S/C9H13NOS/c1-11-7-4-5-12-9(7)8(10)6-2-3-6/h4-6,8H,2-3,10H2,1H3. The summed E-state index contributed by atoms with van der Waals surface area (Å²) in [5.74, 6) is 1.66. The van der Waals surface area contributed by atoms with Crippen molar-refractivity contribution in [2.45, 2.75) is 18.9 Å². The average molecular weight is 183 g/mol. The lowest BCUT2D eigenvalue weighted by Crippen LogP contribution is -2.11. The van der Waals surface area contributed by atoms with Gasteiger partial charge in [0.25, 0.3) is 0 Å². The molecule has 3 heteroatoms. The molecule has 0 saturated heterocycles. The van der Waals surface area contributed by atoms with E-state index in [1.165, 1.54) is 17.7 Å². The fraction of sp³-hybridized carbons (Fsp3) is 0.556. The van der Waals surface area contributed by atoms with Crippen LogP contribution in [0.2, 0.25) is 0 Å². The molecule has 0 spiro atoms. The summed E-state index contributed by atoms with van der Waals surface area (Å²) in [6, 6.07) is 2.20. The van der Waals surface area contributed by atoms with E-state index >= 15 is 0 Å². The van der Waals surface area contributed by atoms with Crippen molar-refractivity contribution in [3.8, 4) is 5.75 Å². The molecule has 12 heavy (non-hydrogen) atoms. The van der Waals surface area contributed by atoms with Crippen molar-refractivity contribution in [2.75, 3.05) is 7.11 Å². The Morgan fingerprint density at radius 3 is 3.00 bits per heavy atom. The van der Waals surface area contributed by atoms with E-state index in [0.717, 1.165) is 5.75 Å². The van der Waals surface area contributed by atoms with Crippen LogP contribution in [0.1, 0.15) is 23.8 Å². The van der Waals surface area contributed by atoms with Crippen LogP contribution in [0, 0.1) is 5.92 Å². The second-order valence-corrected chi connectivity index (χ2v) is 4.16. The van der Waals surface area contributed by atoms with Crippen molar-refractivity contribution in [3.05, 3.63) is 16.3 Å². The van der Waals surface area contributed by atoms with Crippen LogP contribution in [-0.4, -0.2) is 7.11 Å². The molecule has 0 amide bonds. The zero-order valence-corrected chi connectivity index (χ0v) is 7.93. The lowest BCUT2D eigenvalue weighted by Gasteiger charge is -2.09. The fourth-order valence-electron chi connectivity index (χ4n) is 1.39. The molecule has 0 aliphatic heterocycles. The van der Waals surface area contributed by atoms with Gasteiger partial charge in [-0.05, 0) is 30.2 Å². The average Bonchev–Trinajstić information content (AvgIpc) is 2.82. The van der Waals surface area contributed by atoms with E-state index in [-0.39, 0.29) is 6.04 Å². The SMILES string of the molecule is COc1ccsc1C(N)C1CC1. The molecule has 0 aromatic carbocycles. The predicted molar refractivity (Wildman–Crippen MR) is 50.5 cm³/mol. The van der Waals surface area contributed by atoms with Crippen molar-refractivity contribution in [3.63, 3.8) is 0 Å². The maximum absolute atomic E-state index is 6.05. The molecule has 1 aromatic heterocycles. The maximum atomic E-state index is 6.05. The molecular weight excluding hydrogens is 170 g/mol. The lowest BCUT2D eigenvalue weighted by molar-refractivity contribution is 0.406. The minimum atomic E-state index is 0.208. The Morgan fingerprint density at radius 2 is 2.42 bits per heavy atom. The first-order valence-corrected chi connectivity index (χ1v) is 5.08. The van der Waals surface area contributed by atoms with Gasteiger partial charge < -0.3 is 10.5 Å². The number of ether oxygens (including phenoxy) is 1. The third kappa shape index (κ3) is 1.34. The fourth-order valence-corrected chi connectivity index (χ4v) is 2.35. The van der Waals surface area contributed by atoms with Crippen LogP contribution in [0.3, 0.4) is 0 Å². The van der Waals surface area contributed by atoms with Crippen LogP contribution in [0.15, 0.2) is 11.4 Å². The van der Waals surface area contributed by atoms with Gasteiger partial charge in [-0.15, -0.1) is 11.3 Å². The molecule has 66 valence electrons. The molecule has 2 rings (SSSR count). The normalized spacial score (nSPS) is 19.2. The summed E-state index contributed by atoms with van der Waals surface area (Å²) in [6.45, 7) is 0. The van der Waals surface area contributed by atoms with Crippen LogP contribution in [0.25, 0.3) is 0 Å². The summed E-state index contributed by atoms with van der Waals surface area (Å²) in [7, 11) is 1.70. The Labute approximate surface area is 76.3 Å². The van der Waals surface area contributed by atoms with Gasteiger partial charge in [-0.3, -0.25) is 0 Å².